The van der Waals surface area contributed by atoms with Gasteiger partial charge in [0.15, 0.2) is 0 Å². The number of hydrogen-bond acceptors (Lipinski definition) is 3. The molecule has 0 aliphatic heterocycles. The Hall–Kier alpha value is -2.99. The first-order valence-electron chi connectivity index (χ1n) is 9.32. The largest absolute Gasteiger partial charge is 0.374 e. The second-order valence-electron chi connectivity index (χ2n) is 6.76. The lowest BCUT2D eigenvalue weighted by atomic mass is 10.1. The maximum Gasteiger partial charge on any atom is 0.259 e. The number of amides is 1. The van der Waals surface area contributed by atoms with Gasteiger partial charge in [-0.3, -0.25) is 4.79 Å². The van der Waals surface area contributed by atoms with Crippen LogP contribution in [-0.4, -0.2) is 21.8 Å². The molecule has 1 heterocycles. The molecule has 0 aliphatic rings. The van der Waals surface area contributed by atoms with Gasteiger partial charge in [-0.05, 0) is 62.2 Å². The first-order valence-corrected chi connectivity index (χ1v) is 9.32. The van der Waals surface area contributed by atoms with Crippen LogP contribution in [0.2, 0.25) is 0 Å². The SMILES string of the molecule is CCc1c(C(=O)Nc2cccc(COC(C)C)c2)cnn1-c1ccc(F)cc1. The molecule has 0 aliphatic carbocycles. The number of ether oxygens (including phenoxy) is 1. The molecule has 6 heteroatoms. The first-order chi connectivity index (χ1) is 13.5. The summed E-state index contributed by atoms with van der Waals surface area (Å²) < 4.78 is 20.5. The van der Waals surface area contributed by atoms with Crippen molar-refractivity contribution in [2.45, 2.75) is 39.9 Å². The Morgan fingerprint density at radius 1 is 1.21 bits per heavy atom. The predicted molar refractivity (Wildman–Crippen MR) is 107 cm³/mol. The quantitative estimate of drug-likeness (QED) is 0.642. The van der Waals surface area contributed by atoms with E-state index in [4.69, 9.17) is 4.74 Å². The van der Waals surface area contributed by atoms with E-state index in [0.29, 0.717) is 30.0 Å². The van der Waals surface area contributed by atoms with Gasteiger partial charge in [0.2, 0.25) is 0 Å². The van der Waals surface area contributed by atoms with E-state index in [1.165, 1.54) is 12.1 Å². The zero-order valence-electron chi connectivity index (χ0n) is 16.3. The molecule has 0 saturated heterocycles. The Kier molecular flexibility index (Phi) is 6.21. The maximum atomic E-state index is 13.2. The number of halogens is 1. The van der Waals surface area contributed by atoms with Crippen LogP contribution in [0, 0.1) is 5.82 Å². The Morgan fingerprint density at radius 2 is 1.96 bits per heavy atom. The van der Waals surface area contributed by atoms with Crippen molar-refractivity contribution >= 4 is 11.6 Å². The monoisotopic (exact) mass is 381 g/mol. The highest BCUT2D eigenvalue weighted by Gasteiger charge is 2.17. The summed E-state index contributed by atoms with van der Waals surface area (Å²) in [6.45, 7) is 6.41. The average molecular weight is 381 g/mol. The third-order valence-electron chi connectivity index (χ3n) is 4.29. The minimum atomic E-state index is -0.312. The summed E-state index contributed by atoms with van der Waals surface area (Å²) in [5.74, 6) is -0.541. The Labute approximate surface area is 164 Å². The van der Waals surface area contributed by atoms with Crippen LogP contribution in [0.5, 0.6) is 0 Å². The van der Waals surface area contributed by atoms with E-state index >= 15 is 0 Å². The number of hydrogen-bond donors (Lipinski definition) is 1. The van der Waals surface area contributed by atoms with Crippen LogP contribution in [0.4, 0.5) is 10.1 Å². The highest BCUT2D eigenvalue weighted by Crippen LogP contribution is 2.19. The number of rotatable bonds is 7. The molecule has 0 atom stereocenters. The van der Waals surface area contributed by atoms with Gasteiger partial charge in [-0.25, -0.2) is 9.07 Å². The van der Waals surface area contributed by atoms with Crippen LogP contribution in [-0.2, 0) is 17.8 Å². The molecule has 3 aromatic rings. The Balaban J connectivity index is 1.80. The first kappa shape index (κ1) is 19.8. The Bertz CT molecular complexity index is 949. The highest BCUT2D eigenvalue weighted by atomic mass is 19.1. The molecule has 0 fully saturated rings. The van der Waals surface area contributed by atoms with Crippen LogP contribution >= 0.6 is 0 Å². The Morgan fingerprint density at radius 3 is 2.64 bits per heavy atom. The zero-order valence-corrected chi connectivity index (χ0v) is 16.3. The molecule has 5 nitrogen and oxygen atoms in total. The number of benzene rings is 2. The van der Waals surface area contributed by atoms with Crippen LogP contribution in [0.15, 0.2) is 54.7 Å². The highest BCUT2D eigenvalue weighted by molar-refractivity contribution is 6.05. The molecule has 1 N–H and O–H groups in total. The third kappa shape index (κ3) is 4.64. The smallest absolute Gasteiger partial charge is 0.259 e. The molecule has 28 heavy (non-hydrogen) atoms. The number of nitrogens with zero attached hydrogens (tertiary/aromatic N) is 2. The number of aromatic nitrogens is 2. The van der Waals surface area contributed by atoms with Crippen molar-refractivity contribution in [3.05, 3.63) is 77.4 Å². The average Bonchev–Trinajstić information content (AvgIpc) is 3.11. The van der Waals surface area contributed by atoms with Gasteiger partial charge in [-0.2, -0.15) is 5.10 Å². The standard InChI is InChI=1S/C22H24FN3O2/c1-4-21-20(13-24-26(21)19-10-8-17(23)9-11-19)22(27)25-18-7-5-6-16(12-18)14-28-15(2)3/h5-13,15H,4,14H2,1-3H3,(H,25,27). The third-order valence-corrected chi connectivity index (χ3v) is 4.29. The summed E-state index contributed by atoms with van der Waals surface area (Å²) in [6.07, 6.45) is 2.30. The van der Waals surface area contributed by atoms with Crippen LogP contribution in [0.1, 0.15) is 42.4 Å². The lowest BCUT2D eigenvalue weighted by Crippen LogP contribution is -2.14. The molecule has 2 aromatic carbocycles. The predicted octanol–water partition coefficient (Wildman–Crippen LogP) is 4.75. The van der Waals surface area contributed by atoms with Crippen LogP contribution in [0.25, 0.3) is 5.69 Å². The molecule has 0 saturated carbocycles. The van der Waals surface area contributed by atoms with Gasteiger partial charge in [-0.15, -0.1) is 0 Å². The molecule has 1 amide bonds. The lowest BCUT2D eigenvalue weighted by molar-refractivity contribution is 0.0657. The summed E-state index contributed by atoms with van der Waals surface area (Å²) in [5, 5.41) is 7.26. The summed E-state index contributed by atoms with van der Waals surface area (Å²) >= 11 is 0. The van der Waals surface area contributed by atoms with Crippen molar-refractivity contribution in [2.75, 3.05) is 5.32 Å². The molecule has 0 bridgehead atoms. The van der Waals surface area contributed by atoms with E-state index in [2.05, 4.69) is 10.4 Å². The van der Waals surface area contributed by atoms with Crippen molar-refractivity contribution in [2.24, 2.45) is 0 Å². The van der Waals surface area contributed by atoms with E-state index in [1.54, 1.807) is 23.0 Å². The van der Waals surface area contributed by atoms with E-state index in [9.17, 15) is 9.18 Å². The summed E-state index contributed by atoms with van der Waals surface area (Å²) in [6, 6.07) is 13.6. The van der Waals surface area contributed by atoms with Crippen LogP contribution in [0.3, 0.4) is 0 Å². The van der Waals surface area contributed by atoms with Crippen molar-refractivity contribution in [1.29, 1.82) is 0 Å². The van der Waals surface area contributed by atoms with Crippen molar-refractivity contribution < 1.29 is 13.9 Å². The number of carbonyl (C=O) groups is 1. The van der Waals surface area contributed by atoms with Gasteiger partial charge < -0.3 is 10.1 Å². The van der Waals surface area contributed by atoms with Crippen molar-refractivity contribution in [3.8, 4) is 5.69 Å². The summed E-state index contributed by atoms with van der Waals surface area (Å²) in [7, 11) is 0. The van der Waals surface area contributed by atoms with E-state index < -0.39 is 0 Å². The molecule has 1 aromatic heterocycles. The van der Waals surface area contributed by atoms with Gasteiger partial charge >= 0.3 is 0 Å². The van der Waals surface area contributed by atoms with E-state index in [0.717, 1.165) is 11.3 Å². The van der Waals surface area contributed by atoms with Gasteiger partial charge in [-0.1, -0.05) is 19.1 Å². The molecular formula is C22H24FN3O2. The lowest BCUT2D eigenvalue weighted by Gasteiger charge is -2.11. The number of anilines is 1. The van der Waals surface area contributed by atoms with Crippen molar-refractivity contribution in [3.63, 3.8) is 0 Å². The van der Waals surface area contributed by atoms with Gasteiger partial charge in [0.25, 0.3) is 5.91 Å². The van der Waals surface area contributed by atoms with E-state index in [-0.39, 0.29) is 17.8 Å². The molecule has 146 valence electrons. The van der Waals surface area contributed by atoms with Crippen molar-refractivity contribution in [1.82, 2.24) is 9.78 Å². The normalized spacial score (nSPS) is 11.0. The van der Waals surface area contributed by atoms with Gasteiger partial charge in [0.05, 0.1) is 35.9 Å². The second-order valence-corrected chi connectivity index (χ2v) is 6.76. The molecule has 0 radical (unpaired) electrons. The zero-order chi connectivity index (χ0) is 20.1. The fourth-order valence-corrected chi connectivity index (χ4v) is 2.91. The van der Waals surface area contributed by atoms with Gasteiger partial charge in [0, 0.05) is 5.69 Å². The maximum absolute atomic E-state index is 13.2. The molecule has 3 rings (SSSR count). The van der Waals surface area contributed by atoms with Gasteiger partial charge in [0.1, 0.15) is 5.82 Å². The minimum Gasteiger partial charge on any atom is -0.374 e. The summed E-state index contributed by atoms with van der Waals surface area (Å²) in [4.78, 5) is 12.8. The fraction of sp³-hybridized carbons (Fsp3) is 0.273. The fourth-order valence-electron chi connectivity index (χ4n) is 2.91. The van der Waals surface area contributed by atoms with Crippen LogP contribution < -0.4 is 5.32 Å². The topological polar surface area (TPSA) is 56.1 Å². The molecule has 0 spiro atoms. The number of nitrogens with one attached hydrogen (secondary N) is 1. The molecular weight excluding hydrogens is 357 g/mol. The van der Waals surface area contributed by atoms with E-state index in [1.807, 2.05) is 45.0 Å². The minimum absolute atomic E-state index is 0.141. The summed E-state index contributed by atoms with van der Waals surface area (Å²) in [5.41, 5.74) is 3.67. The number of carbonyl (C=O) groups excluding carboxylic acids is 1. The second kappa shape index (κ2) is 8.80. The molecule has 0 unspecified atom stereocenters.